The van der Waals surface area contributed by atoms with E-state index in [0.717, 1.165) is 43.0 Å². The van der Waals surface area contributed by atoms with Crippen LogP contribution >= 0.6 is 0 Å². The largest absolute Gasteiger partial charge is 0.341 e. The van der Waals surface area contributed by atoms with Crippen LogP contribution in [0.25, 0.3) is 12.2 Å². The summed E-state index contributed by atoms with van der Waals surface area (Å²) < 4.78 is 0. The van der Waals surface area contributed by atoms with E-state index in [9.17, 15) is 0 Å². The minimum Gasteiger partial charge on any atom is -0.341 e. The number of terminal acetylenes is 1. The number of imidazole rings is 1. The highest BCUT2D eigenvalue weighted by Gasteiger charge is 2.16. The molecule has 2 rings (SSSR count). The number of nitrogens with one attached hydrogen (secondary N) is 2. The Morgan fingerprint density at radius 2 is 2.00 bits per heavy atom. The predicted molar refractivity (Wildman–Crippen MR) is 148 cm³/mol. The lowest BCUT2D eigenvalue weighted by Crippen LogP contribution is -2.31. The van der Waals surface area contributed by atoms with Crippen molar-refractivity contribution in [2.45, 2.75) is 90.8 Å². The van der Waals surface area contributed by atoms with Crippen LogP contribution in [0, 0.1) is 12.8 Å². The molecule has 1 aromatic rings. The van der Waals surface area contributed by atoms with E-state index in [1.165, 1.54) is 32.1 Å². The van der Waals surface area contributed by atoms with E-state index in [0.29, 0.717) is 12.1 Å². The average molecular weight is 451 g/mol. The van der Waals surface area contributed by atoms with Gasteiger partial charge in [0.15, 0.2) is 0 Å². The molecule has 0 spiro atoms. The van der Waals surface area contributed by atoms with Crippen molar-refractivity contribution in [1.82, 2.24) is 15.3 Å². The molecule has 4 N–H and O–H groups in total. The van der Waals surface area contributed by atoms with Gasteiger partial charge in [-0.15, -0.1) is 19.4 Å². The lowest BCUT2D eigenvalue weighted by atomic mass is 9.90. The van der Waals surface area contributed by atoms with E-state index in [-0.39, 0.29) is 0 Å². The number of unbranched alkanes of at least 4 members (excludes halogenated alkanes) is 2. The van der Waals surface area contributed by atoms with Gasteiger partial charge in [0, 0.05) is 12.1 Å². The zero-order valence-corrected chi connectivity index (χ0v) is 21.2. The molecule has 4 heteroatoms. The molecule has 1 heterocycles. The molecular weight excluding hydrogens is 404 g/mol. The molecule has 0 aromatic carbocycles. The van der Waals surface area contributed by atoms with Crippen LogP contribution in [0.15, 0.2) is 49.1 Å². The lowest BCUT2D eigenvalue weighted by Gasteiger charge is -2.24. The van der Waals surface area contributed by atoms with E-state index in [2.05, 4.69) is 66.4 Å². The second-order valence-electron chi connectivity index (χ2n) is 8.26. The molecule has 4 nitrogen and oxygen atoms in total. The Hall–Kier alpha value is -2.61. The number of hydrogen-bond acceptors (Lipinski definition) is 3. The summed E-state index contributed by atoms with van der Waals surface area (Å²) in [7, 11) is 0. The zero-order chi connectivity index (χ0) is 24.9. The molecule has 182 valence electrons. The number of nitrogens with zero attached hydrogens (tertiary/aromatic N) is 1. The number of hydrogen-bond donors (Lipinski definition) is 3. The molecule has 2 atom stereocenters. The third kappa shape index (κ3) is 14.2. The van der Waals surface area contributed by atoms with Crippen LogP contribution in [-0.2, 0) is 6.54 Å². The normalized spacial score (nSPS) is 17.8. The van der Waals surface area contributed by atoms with Crippen molar-refractivity contribution < 1.29 is 0 Å². The van der Waals surface area contributed by atoms with Crippen LogP contribution in [0.5, 0.6) is 0 Å². The maximum atomic E-state index is 5.55. The minimum absolute atomic E-state index is 0.370. The summed E-state index contributed by atoms with van der Waals surface area (Å²) in [5, 5.41) is 3.63. The summed E-state index contributed by atoms with van der Waals surface area (Å²) in [4.78, 5) is 7.95. The summed E-state index contributed by atoms with van der Waals surface area (Å²) in [5.41, 5.74) is 9.05. The first-order valence-corrected chi connectivity index (χ1v) is 12.1. The van der Waals surface area contributed by atoms with Crippen LogP contribution in [0.3, 0.4) is 0 Å². The molecule has 0 bridgehead atoms. The molecule has 1 saturated carbocycles. The van der Waals surface area contributed by atoms with E-state index >= 15 is 0 Å². The van der Waals surface area contributed by atoms with Crippen LogP contribution < -0.4 is 11.1 Å². The van der Waals surface area contributed by atoms with Gasteiger partial charge in [0.1, 0.15) is 5.82 Å². The third-order valence-electron chi connectivity index (χ3n) is 5.30. The van der Waals surface area contributed by atoms with Crippen molar-refractivity contribution in [3.63, 3.8) is 0 Å². The monoisotopic (exact) mass is 450 g/mol. The highest BCUT2D eigenvalue weighted by atomic mass is 15.0. The van der Waals surface area contributed by atoms with Gasteiger partial charge in [0.2, 0.25) is 0 Å². The first-order chi connectivity index (χ1) is 16.0. The fourth-order valence-electron chi connectivity index (χ4n) is 3.64. The van der Waals surface area contributed by atoms with Crippen molar-refractivity contribution in [3.05, 3.63) is 66.3 Å². The van der Waals surface area contributed by atoms with E-state index < -0.39 is 0 Å². The highest BCUT2D eigenvalue weighted by Crippen LogP contribution is 2.24. The standard InChI is InChI=1S/C19H27N3.C8H17N.C2H2/c1-4-7-10-15-11-8-12-16(13-15)20-14-19-21-17(6-3)18(22-19)9-5-2;1-3-4-5-6-7-8(2)9;1-2/h4-7,9-10,16,20H,3,8,11-14H2,1-2H3,(H,21,22);3,8H,1,4-7,9H2,2H3;1-2H/b7-4-,9-5-,15-10-;;. The van der Waals surface area contributed by atoms with Gasteiger partial charge in [-0.3, -0.25) is 0 Å². The van der Waals surface area contributed by atoms with Gasteiger partial charge in [0.25, 0.3) is 0 Å². The Morgan fingerprint density at radius 1 is 1.24 bits per heavy atom. The van der Waals surface area contributed by atoms with E-state index in [4.69, 9.17) is 5.73 Å². The Labute approximate surface area is 203 Å². The van der Waals surface area contributed by atoms with Crippen LogP contribution in [0.2, 0.25) is 0 Å². The molecular formula is C29H46N4. The minimum atomic E-state index is 0.370. The average Bonchev–Trinajstić information content (AvgIpc) is 3.23. The first kappa shape index (κ1) is 30.4. The predicted octanol–water partition coefficient (Wildman–Crippen LogP) is 6.95. The summed E-state index contributed by atoms with van der Waals surface area (Å²) in [5.74, 6) is 0.979. The molecule has 1 fully saturated rings. The molecule has 0 radical (unpaired) electrons. The SMILES string of the molecule is C#C.C=CCCCCC(C)N.C=Cc1nc(CNC2CCC/C(=C/C=C\C)C2)[nH]c1/C=C\C. The number of allylic oxidation sites excluding steroid dienone is 5. The van der Waals surface area contributed by atoms with Crippen molar-refractivity contribution in [2.24, 2.45) is 5.73 Å². The molecule has 2 unspecified atom stereocenters. The molecule has 1 aliphatic carbocycles. The Balaban J connectivity index is 0.000000786. The maximum absolute atomic E-state index is 5.55. The van der Waals surface area contributed by atoms with Gasteiger partial charge >= 0.3 is 0 Å². The summed E-state index contributed by atoms with van der Waals surface area (Å²) in [6, 6.07) is 0.919. The Morgan fingerprint density at radius 3 is 2.61 bits per heavy atom. The summed E-state index contributed by atoms with van der Waals surface area (Å²) in [6.07, 6.45) is 31.9. The Kier molecular flexibility index (Phi) is 18.4. The van der Waals surface area contributed by atoms with Gasteiger partial charge in [-0.05, 0) is 77.9 Å². The number of aromatic nitrogens is 2. The topological polar surface area (TPSA) is 66.7 Å². The smallest absolute Gasteiger partial charge is 0.121 e. The fraction of sp³-hybridized carbons (Fsp3) is 0.483. The lowest BCUT2D eigenvalue weighted by molar-refractivity contribution is 0.421. The van der Waals surface area contributed by atoms with Crippen molar-refractivity contribution in [3.8, 4) is 12.8 Å². The second-order valence-corrected chi connectivity index (χ2v) is 8.26. The van der Waals surface area contributed by atoms with Crippen molar-refractivity contribution in [1.29, 1.82) is 0 Å². The molecule has 0 amide bonds. The fourth-order valence-corrected chi connectivity index (χ4v) is 3.64. The first-order valence-electron chi connectivity index (χ1n) is 12.1. The molecule has 1 aliphatic rings. The van der Waals surface area contributed by atoms with Crippen LogP contribution in [0.1, 0.15) is 89.4 Å². The van der Waals surface area contributed by atoms with Gasteiger partial charge in [0.05, 0.1) is 17.9 Å². The second kappa shape index (κ2) is 20.0. The number of nitrogens with two attached hydrogens (primary N) is 1. The van der Waals surface area contributed by atoms with Gasteiger partial charge in [-0.1, -0.05) is 49.0 Å². The number of aromatic amines is 1. The quantitative estimate of drug-likeness (QED) is 0.194. The maximum Gasteiger partial charge on any atom is 0.121 e. The zero-order valence-electron chi connectivity index (χ0n) is 21.2. The van der Waals surface area contributed by atoms with Crippen molar-refractivity contribution in [2.75, 3.05) is 0 Å². The molecule has 1 aromatic heterocycles. The molecule has 0 saturated heterocycles. The Bertz CT molecular complexity index is 762. The van der Waals surface area contributed by atoms with Gasteiger partial charge in [-0.25, -0.2) is 4.98 Å². The molecule has 33 heavy (non-hydrogen) atoms. The van der Waals surface area contributed by atoms with E-state index in [1.807, 2.05) is 32.1 Å². The van der Waals surface area contributed by atoms with E-state index in [1.54, 1.807) is 11.6 Å². The summed E-state index contributed by atoms with van der Waals surface area (Å²) >= 11 is 0. The van der Waals surface area contributed by atoms with Crippen molar-refractivity contribution >= 4 is 12.2 Å². The number of H-pyrrole nitrogens is 1. The molecule has 0 aliphatic heterocycles. The van der Waals surface area contributed by atoms with Crippen LogP contribution in [0.4, 0.5) is 0 Å². The van der Waals surface area contributed by atoms with Gasteiger partial charge in [-0.2, -0.15) is 0 Å². The number of rotatable bonds is 11. The van der Waals surface area contributed by atoms with Gasteiger partial charge < -0.3 is 16.0 Å². The third-order valence-corrected chi connectivity index (χ3v) is 5.30. The summed E-state index contributed by atoms with van der Waals surface area (Å²) in [6.45, 7) is 14.4. The highest BCUT2D eigenvalue weighted by molar-refractivity contribution is 5.58. The van der Waals surface area contributed by atoms with Crippen LogP contribution in [-0.4, -0.2) is 22.1 Å².